The van der Waals surface area contributed by atoms with Crippen LogP contribution in [-0.2, 0) is 0 Å². The van der Waals surface area contributed by atoms with Gasteiger partial charge in [0.2, 0.25) is 0 Å². The first-order valence-electron chi connectivity index (χ1n) is 7.48. The van der Waals surface area contributed by atoms with Gasteiger partial charge in [-0.25, -0.2) is 0 Å². The molecule has 3 aromatic carbocycles. The Balaban J connectivity index is 2.00. The fourth-order valence-electron chi connectivity index (χ4n) is 3.39. The van der Waals surface area contributed by atoms with Gasteiger partial charge in [0.25, 0.3) is 0 Å². The molecule has 2 heterocycles. The maximum Gasteiger partial charge on any atom is 0.0551 e. The minimum absolute atomic E-state index is 0.701. The third-order valence-electron chi connectivity index (χ3n) is 4.37. The fraction of sp³-hybridized carbons (Fsp3) is 0. The zero-order valence-corrected chi connectivity index (χ0v) is 12.9. The highest BCUT2D eigenvalue weighted by molar-refractivity contribution is 7.56. The van der Waals surface area contributed by atoms with Crippen molar-refractivity contribution < 1.29 is 0 Å². The van der Waals surface area contributed by atoms with Crippen molar-refractivity contribution in [3.8, 4) is 22.4 Å². The van der Waals surface area contributed by atoms with Crippen LogP contribution in [0.2, 0.25) is 0 Å². The zero-order valence-electron chi connectivity index (χ0n) is 11.9. The molecule has 2 heteroatoms. The maximum absolute atomic E-state index is 3.66. The van der Waals surface area contributed by atoms with Gasteiger partial charge in [0.1, 0.15) is 0 Å². The SMILES string of the molecule is c1ccc2c(c1)Pc1ccccc1-c1c-2[nH]c2ccccc12. The van der Waals surface area contributed by atoms with Crippen LogP contribution in [0.4, 0.5) is 0 Å². The zero-order chi connectivity index (χ0) is 14.5. The first-order chi connectivity index (χ1) is 10.9. The summed E-state index contributed by atoms with van der Waals surface area (Å²) in [4.78, 5) is 3.66. The van der Waals surface area contributed by atoms with Crippen LogP contribution in [0.1, 0.15) is 0 Å². The summed E-state index contributed by atoms with van der Waals surface area (Å²) in [6.45, 7) is 0. The minimum Gasteiger partial charge on any atom is -0.354 e. The molecule has 1 N–H and O–H groups in total. The predicted octanol–water partition coefficient (Wildman–Crippen LogP) is 4.44. The largest absolute Gasteiger partial charge is 0.354 e. The van der Waals surface area contributed by atoms with E-state index in [0.29, 0.717) is 8.58 Å². The summed E-state index contributed by atoms with van der Waals surface area (Å²) in [6.07, 6.45) is 0. The molecule has 0 radical (unpaired) electrons. The van der Waals surface area contributed by atoms with Crippen LogP contribution in [0.25, 0.3) is 33.3 Å². The minimum atomic E-state index is 0.701. The third-order valence-corrected chi connectivity index (χ3v) is 5.78. The number of aromatic amines is 1. The maximum atomic E-state index is 3.66. The van der Waals surface area contributed by atoms with Crippen molar-refractivity contribution in [1.29, 1.82) is 0 Å². The molecule has 1 aromatic heterocycles. The third kappa shape index (κ3) is 1.63. The van der Waals surface area contributed by atoms with Crippen LogP contribution < -0.4 is 10.6 Å². The molecule has 1 aliphatic rings. The van der Waals surface area contributed by atoms with Crippen LogP contribution in [-0.4, -0.2) is 4.98 Å². The molecule has 0 saturated carbocycles. The molecule has 0 amide bonds. The molecular formula is C20H14NP. The molecule has 0 saturated heterocycles. The molecule has 1 aliphatic heterocycles. The summed E-state index contributed by atoms with van der Waals surface area (Å²) >= 11 is 0. The second kappa shape index (κ2) is 4.56. The molecule has 0 spiro atoms. The number of hydrogen-bond acceptors (Lipinski definition) is 0. The van der Waals surface area contributed by atoms with Gasteiger partial charge in [0.05, 0.1) is 5.69 Å². The van der Waals surface area contributed by atoms with Crippen LogP contribution in [0.15, 0.2) is 72.8 Å². The van der Waals surface area contributed by atoms with E-state index in [9.17, 15) is 0 Å². The Labute approximate surface area is 130 Å². The van der Waals surface area contributed by atoms with Gasteiger partial charge in [0, 0.05) is 22.0 Å². The monoisotopic (exact) mass is 299 g/mol. The molecular weight excluding hydrogens is 285 g/mol. The van der Waals surface area contributed by atoms with Crippen molar-refractivity contribution in [3.63, 3.8) is 0 Å². The highest BCUT2D eigenvalue weighted by Crippen LogP contribution is 2.41. The lowest BCUT2D eigenvalue weighted by molar-refractivity contribution is 1.46. The summed E-state index contributed by atoms with van der Waals surface area (Å²) in [7, 11) is 0.701. The number of fused-ring (bicyclic) bond motifs is 7. The number of benzene rings is 3. The summed E-state index contributed by atoms with van der Waals surface area (Å²) in [5, 5.41) is 4.16. The Morgan fingerprint density at radius 3 is 2.14 bits per heavy atom. The molecule has 4 aromatic rings. The van der Waals surface area contributed by atoms with E-state index in [1.807, 2.05) is 0 Å². The van der Waals surface area contributed by atoms with E-state index >= 15 is 0 Å². The van der Waals surface area contributed by atoms with Crippen molar-refractivity contribution >= 4 is 30.1 Å². The van der Waals surface area contributed by atoms with Gasteiger partial charge in [0.15, 0.2) is 0 Å². The Morgan fingerprint density at radius 2 is 1.27 bits per heavy atom. The van der Waals surface area contributed by atoms with Gasteiger partial charge in [-0.3, -0.25) is 0 Å². The van der Waals surface area contributed by atoms with Gasteiger partial charge in [-0.05, 0) is 22.2 Å². The smallest absolute Gasteiger partial charge is 0.0551 e. The van der Waals surface area contributed by atoms with E-state index in [1.54, 1.807) is 0 Å². The summed E-state index contributed by atoms with van der Waals surface area (Å²) in [5.41, 5.74) is 6.52. The van der Waals surface area contributed by atoms with Gasteiger partial charge in [-0.1, -0.05) is 75.3 Å². The lowest BCUT2D eigenvalue weighted by Gasteiger charge is -2.06. The summed E-state index contributed by atoms with van der Waals surface area (Å²) in [5.74, 6) is 0. The average Bonchev–Trinajstić information content (AvgIpc) is 2.89. The lowest BCUT2D eigenvalue weighted by atomic mass is 9.98. The molecule has 1 unspecified atom stereocenters. The first kappa shape index (κ1) is 12.2. The Hall–Kier alpha value is -2.37. The summed E-state index contributed by atoms with van der Waals surface area (Å²) in [6, 6.07) is 26.2. The van der Waals surface area contributed by atoms with E-state index in [-0.39, 0.29) is 0 Å². The van der Waals surface area contributed by atoms with Gasteiger partial charge in [-0.15, -0.1) is 0 Å². The van der Waals surface area contributed by atoms with Crippen molar-refractivity contribution in [1.82, 2.24) is 4.98 Å². The number of hydrogen-bond donors (Lipinski definition) is 1. The quantitative estimate of drug-likeness (QED) is 0.407. The Morgan fingerprint density at radius 1 is 0.636 bits per heavy atom. The van der Waals surface area contributed by atoms with Crippen molar-refractivity contribution in [2.75, 3.05) is 0 Å². The van der Waals surface area contributed by atoms with E-state index in [4.69, 9.17) is 0 Å². The Bertz CT molecular complexity index is 1010. The highest BCUT2D eigenvalue weighted by atomic mass is 31.1. The van der Waals surface area contributed by atoms with E-state index in [2.05, 4.69) is 77.8 Å². The fourth-order valence-corrected chi connectivity index (χ4v) is 4.72. The molecule has 0 fully saturated rings. The van der Waals surface area contributed by atoms with Gasteiger partial charge in [-0.2, -0.15) is 0 Å². The topological polar surface area (TPSA) is 15.8 Å². The van der Waals surface area contributed by atoms with Gasteiger partial charge >= 0.3 is 0 Å². The normalized spacial score (nSPS) is 13.5. The van der Waals surface area contributed by atoms with Crippen LogP contribution in [0, 0.1) is 0 Å². The van der Waals surface area contributed by atoms with Crippen molar-refractivity contribution in [2.24, 2.45) is 0 Å². The molecule has 104 valence electrons. The number of H-pyrrole nitrogens is 1. The molecule has 1 atom stereocenters. The lowest BCUT2D eigenvalue weighted by Crippen LogP contribution is -2.05. The van der Waals surface area contributed by atoms with Crippen molar-refractivity contribution in [2.45, 2.75) is 0 Å². The van der Waals surface area contributed by atoms with E-state index in [0.717, 1.165) is 0 Å². The summed E-state index contributed by atoms with van der Waals surface area (Å²) < 4.78 is 0. The molecule has 22 heavy (non-hydrogen) atoms. The number of nitrogens with one attached hydrogen (secondary N) is 1. The second-order valence-corrected chi connectivity index (χ2v) is 6.96. The highest BCUT2D eigenvalue weighted by Gasteiger charge is 2.22. The van der Waals surface area contributed by atoms with Crippen molar-refractivity contribution in [3.05, 3.63) is 72.8 Å². The van der Waals surface area contributed by atoms with E-state index < -0.39 is 0 Å². The number of aromatic nitrogens is 1. The van der Waals surface area contributed by atoms with E-state index in [1.165, 1.54) is 43.9 Å². The number of rotatable bonds is 0. The number of para-hydroxylation sites is 1. The average molecular weight is 299 g/mol. The second-order valence-electron chi connectivity index (χ2n) is 5.64. The predicted molar refractivity (Wildman–Crippen MR) is 96.8 cm³/mol. The molecule has 0 aliphatic carbocycles. The van der Waals surface area contributed by atoms with Crippen LogP contribution in [0.5, 0.6) is 0 Å². The molecule has 0 bridgehead atoms. The molecule has 1 nitrogen and oxygen atoms in total. The van der Waals surface area contributed by atoms with Crippen LogP contribution >= 0.6 is 8.58 Å². The van der Waals surface area contributed by atoms with Gasteiger partial charge < -0.3 is 4.98 Å². The Kier molecular flexibility index (Phi) is 2.53. The molecule has 5 rings (SSSR count). The first-order valence-corrected chi connectivity index (χ1v) is 8.48. The van der Waals surface area contributed by atoms with Crippen LogP contribution in [0.3, 0.4) is 0 Å². The standard InChI is InChI=1S/C20H14NP/c1-4-10-16-13(7-1)19-14-8-2-5-11-17(14)22-18-12-6-3-9-15(18)20(19)21-16/h1-12,21-22H.